The Kier molecular flexibility index (Phi) is 2.64. The molecule has 0 aliphatic rings. The second-order valence-electron chi connectivity index (χ2n) is 2.52. The van der Waals surface area contributed by atoms with Gasteiger partial charge in [0.15, 0.2) is 0 Å². The summed E-state index contributed by atoms with van der Waals surface area (Å²) in [6, 6.07) is 0. The van der Waals surface area contributed by atoms with Gasteiger partial charge in [-0.25, -0.2) is 4.98 Å². The van der Waals surface area contributed by atoms with Gasteiger partial charge in [0.1, 0.15) is 5.69 Å². The van der Waals surface area contributed by atoms with Crippen LogP contribution in [0.15, 0.2) is 36.0 Å². The highest BCUT2D eigenvalue weighted by molar-refractivity contribution is 5.69. The summed E-state index contributed by atoms with van der Waals surface area (Å²) in [5.74, 6) is 0. The van der Waals surface area contributed by atoms with Crippen molar-refractivity contribution in [3.05, 3.63) is 47.3 Å². The van der Waals surface area contributed by atoms with E-state index in [1.165, 1.54) is 16.8 Å². The average molecular weight is 177 g/mol. The van der Waals surface area contributed by atoms with E-state index in [2.05, 4.69) is 11.6 Å². The molecule has 68 valence electrons. The molecule has 0 atom stereocenters. The summed E-state index contributed by atoms with van der Waals surface area (Å²) in [5.41, 5.74) is 6.00. The van der Waals surface area contributed by atoms with E-state index in [0.717, 1.165) is 0 Å². The van der Waals surface area contributed by atoms with Crippen LogP contribution < -0.4 is 11.3 Å². The maximum absolute atomic E-state index is 11.5. The number of aromatic nitrogens is 2. The lowest BCUT2D eigenvalue weighted by Gasteiger charge is -2.01. The molecule has 1 rings (SSSR count). The Morgan fingerprint density at radius 3 is 3.00 bits per heavy atom. The van der Waals surface area contributed by atoms with E-state index in [1.54, 1.807) is 19.4 Å². The van der Waals surface area contributed by atoms with E-state index in [0.29, 0.717) is 11.3 Å². The van der Waals surface area contributed by atoms with Crippen LogP contribution in [0.4, 0.5) is 0 Å². The van der Waals surface area contributed by atoms with Gasteiger partial charge in [-0.2, -0.15) is 0 Å². The van der Waals surface area contributed by atoms with Crippen LogP contribution in [0.5, 0.6) is 0 Å². The molecule has 4 heteroatoms. The number of hydrogen-bond acceptors (Lipinski definition) is 3. The Morgan fingerprint density at radius 2 is 2.46 bits per heavy atom. The van der Waals surface area contributed by atoms with Crippen molar-refractivity contribution >= 4 is 5.57 Å². The third-order valence-electron chi connectivity index (χ3n) is 1.69. The summed E-state index contributed by atoms with van der Waals surface area (Å²) in [7, 11) is 1.66. The lowest BCUT2D eigenvalue weighted by atomic mass is 10.2. The highest BCUT2D eigenvalue weighted by Gasteiger charge is 2.04. The minimum atomic E-state index is -0.181. The molecular formula is C9H11N3O. The summed E-state index contributed by atoms with van der Waals surface area (Å²) < 4.78 is 1.44. The zero-order valence-corrected chi connectivity index (χ0v) is 7.40. The van der Waals surface area contributed by atoms with Gasteiger partial charge in [0.05, 0.1) is 0 Å². The third-order valence-corrected chi connectivity index (χ3v) is 1.69. The highest BCUT2D eigenvalue weighted by Crippen LogP contribution is 2.04. The van der Waals surface area contributed by atoms with Gasteiger partial charge in [0.2, 0.25) is 0 Å². The minimum absolute atomic E-state index is 0.181. The fourth-order valence-electron chi connectivity index (χ4n) is 0.939. The number of allylic oxidation sites excluding steroid dienone is 2. The van der Waals surface area contributed by atoms with E-state index in [1.807, 2.05) is 0 Å². The van der Waals surface area contributed by atoms with Gasteiger partial charge in [-0.05, 0) is 0 Å². The van der Waals surface area contributed by atoms with Crippen molar-refractivity contribution in [1.82, 2.24) is 9.55 Å². The summed E-state index contributed by atoms with van der Waals surface area (Å²) in [6.07, 6.45) is 5.95. The predicted molar refractivity (Wildman–Crippen MR) is 51.8 cm³/mol. The molecule has 1 aromatic heterocycles. The second kappa shape index (κ2) is 3.71. The molecule has 13 heavy (non-hydrogen) atoms. The zero-order chi connectivity index (χ0) is 9.84. The molecule has 0 saturated carbocycles. The Balaban J connectivity index is 3.39. The van der Waals surface area contributed by atoms with E-state index in [-0.39, 0.29) is 5.56 Å². The minimum Gasteiger partial charge on any atom is -0.404 e. The smallest absolute Gasteiger partial charge is 0.276 e. The van der Waals surface area contributed by atoms with Crippen LogP contribution in [0.25, 0.3) is 5.57 Å². The lowest BCUT2D eigenvalue weighted by molar-refractivity contribution is 0.834. The quantitative estimate of drug-likeness (QED) is 0.659. The Morgan fingerprint density at radius 1 is 1.77 bits per heavy atom. The van der Waals surface area contributed by atoms with Crippen LogP contribution in [-0.4, -0.2) is 9.55 Å². The van der Waals surface area contributed by atoms with E-state index < -0.39 is 0 Å². The monoisotopic (exact) mass is 177 g/mol. The van der Waals surface area contributed by atoms with Crippen LogP contribution in [0, 0.1) is 0 Å². The summed E-state index contributed by atoms with van der Waals surface area (Å²) in [6.45, 7) is 3.54. The number of nitrogens with two attached hydrogens (primary N) is 1. The first-order chi connectivity index (χ1) is 6.20. The molecule has 4 nitrogen and oxygen atoms in total. The predicted octanol–water partition coefficient (Wildman–Crippen LogP) is 0.266. The van der Waals surface area contributed by atoms with Gasteiger partial charge in [0, 0.05) is 31.2 Å². The molecule has 0 unspecified atom stereocenters. The standard InChI is InChI=1S/C9H11N3O/c1-3-7(6-10)8-9(13)12(2)5-4-11-8/h3-6H,1,10H2,2H3/b7-6-. The van der Waals surface area contributed by atoms with E-state index >= 15 is 0 Å². The molecule has 0 saturated heterocycles. The normalized spacial score (nSPS) is 11.3. The third kappa shape index (κ3) is 1.66. The summed E-state index contributed by atoms with van der Waals surface area (Å²) in [5, 5.41) is 0. The molecule has 0 radical (unpaired) electrons. The van der Waals surface area contributed by atoms with Gasteiger partial charge in [0.25, 0.3) is 5.56 Å². The SMILES string of the molecule is C=C/C(=C/N)c1nccn(C)c1=O. The largest absolute Gasteiger partial charge is 0.404 e. The molecule has 0 amide bonds. The van der Waals surface area contributed by atoms with Gasteiger partial charge >= 0.3 is 0 Å². The van der Waals surface area contributed by atoms with Crippen molar-refractivity contribution in [2.45, 2.75) is 0 Å². The first kappa shape index (κ1) is 9.25. The van der Waals surface area contributed by atoms with Crippen LogP contribution in [0.3, 0.4) is 0 Å². The molecule has 0 aliphatic heterocycles. The van der Waals surface area contributed by atoms with E-state index in [9.17, 15) is 4.79 Å². The van der Waals surface area contributed by atoms with Gasteiger partial charge in [-0.1, -0.05) is 12.7 Å². The molecule has 0 aromatic carbocycles. The number of rotatable bonds is 2. The first-order valence-corrected chi connectivity index (χ1v) is 3.77. The molecular weight excluding hydrogens is 166 g/mol. The summed E-state index contributed by atoms with van der Waals surface area (Å²) in [4.78, 5) is 15.4. The van der Waals surface area contributed by atoms with Gasteiger partial charge < -0.3 is 10.3 Å². The van der Waals surface area contributed by atoms with Crippen molar-refractivity contribution in [2.75, 3.05) is 0 Å². The van der Waals surface area contributed by atoms with Crippen molar-refractivity contribution in [3.63, 3.8) is 0 Å². The number of nitrogens with zero attached hydrogens (tertiary/aromatic N) is 2. The van der Waals surface area contributed by atoms with Crippen LogP contribution in [0.2, 0.25) is 0 Å². The van der Waals surface area contributed by atoms with Crippen molar-refractivity contribution in [3.8, 4) is 0 Å². The fourth-order valence-corrected chi connectivity index (χ4v) is 0.939. The highest BCUT2D eigenvalue weighted by atomic mass is 16.1. The van der Waals surface area contributed by atoms with Crippen LogP contribution in [0.1, 0.15) is 5.69 Å². The molecule has 1 heterocycles. The molecule has 0 bridgehead atoms. The zero-order valence-electron chi connectivity index (χ0n) is 7.40. The van der Waals surface area contributed by atoms with Gasteiger partial charge in [-0.3, -0.25) is 4.79 Å². The van der Waals surface area contributed by atoms with Gasteiger partial charge in [-0.15, -0.1) is 0 Å². The molecule has 0 fully saturated rings. The maximum Gasteiger partial charge on any atom is 0.276 e. The summed E-state index contributed by atoms with van der Waals surface area (Å²) >= 11 is 0. The topological polar surface area (TPSA) is 60.9 Å². The number of hydrogen-bond donors (Lipinski definition) is 1. The first-order valence-electron chi connectivity index (χ1n) is 3.77. The lowest BCUT2D eigenvalue weighted by Crippen LogP contribution is -2.21. The molecule has 0 spiro atoms. The van der Waals surface area contributed by atoms with E-state index in [4.69, 9.17) is 5.73 Å². The number of aryl methyl sites for hydroxylation is 1. The Labute approximate surface area is 76.0 Å². The molecule has 0 aliphatic carbocycles. The fraction of sp³-hybridized carbons (Fsp3) is 0.111. The molecule has 1 aromatic rings. The Bertz CT molecular complexity index is 404. The van der Waals surface area contributed by atoms with Crippen molar-refractivity contribution in [1.29, 1.82) is 0 Å². The van der Waals surface area contributed by atoms with Crippen molar-refractivity contribution < 1.29 is 0 Å². The van der Waals surface area contributed by atoms with Crippen LogP contribution in [-0.2, 0) is 7.05 Å². The van der Waals surface area contributed by atoms with Crippen molar-refractivity contribution in [2.24, 2.45) is 12.8 Å². The maximum atomic E-state index is 11.5. The second-order valence-corrected chi connectivity index (χ2v) is 2.52. The average Bonchev–Trinajstić information content (AvgIpc) is 2.14. The van der Waals surface area contributed by atoms with Crippen LogP contribution >= 0.6 is 0 Å². The Hall–Kier alpha value is -1.84. The molecule has 2 N–H and O–H groups in total.